The average molecular weight is 369 g/mol. The minimum atomic E-state index is -3.52. The highest BCUT2D eigenvalue weighted by molar-refractivity contribution is 7.89. The molecule has 1 aromatic heterocycles. The van der Waals surface area contributed by atoms with E-state index >= 15 is 0 Å². The summed E-state index contributed by atoms with van der Waals surface area (Å²) < 4.78 is 32.9. The Hall–Kier alpha value is -1.28. The SMILES string of the molecule is Cc1csc(-c2cccc(S(=O)(=O)NCCCOCC(C)C)c2)n1. The van der Waals surface area contributed by atoms with Crippen molar-refractivity contribution in [3.8, 4) is 10.6 Å². The van der Waals surface area contributed by atoms with Crippen LogP contribution in [0.15, 0.2) is 34.5 Å². The van der Waals surface area contributed by atoms with Crippen LogP contribution in [0.1, 0.15) is 26.0 Å². The number of aromatic nitrogens is 1. The normalized spacial score (nSPS) is 12.0. The molecule has 0 fully saturated rings. The summed E-state index contributed by atoms with van der Waals surface area (Å²) in [5.41, 5.74) is 1.75. The molecule has 0 saturated heterocycles. The lowest BCUT2D eigenvalue weighted by molar-refractivity contribution is 0.108. The van der Waals surface area contributed by atoms with E-state index in [0.717, 1.165) is 16.3 Å². The molecule has 0 saturated carbocycles. The fraction of sp³-hybridized carbons (Fsp3) is 0.471. The van der Waals surface area contributed by atoms with Crippen molar-refractivity contribution in [2.45, 2.75) is 32.1 Å². The largest absolute Gasteiger partial charge is 0.381 e. The molecule has 0 aliphatic heterocycles. The second kappa shape index (κ2) is 8.71. The molecule has 1 heterocycles. The Balaban J connectivity index is 1.94. The predicted molar refractivity (Wildman–Crippen MR) is 97.7 cm³/mol. The number of thiazole rings is 1. The maximum atomic E-state index is 12.4. The molecule has 0 bridgehead atoms. The lowest BCUT2D eigenvalue weighted by atomic mass is 10.2. The Labute approximate surface area is 148 Å². The number of benzene rings is 1. The molecule has 0 unspecified atom stereocenters. The lowest BCUT2D eigenvalue weighted by Crippen LogP contribution is -2.25. The van der Waals surface area contributed by atoms with Crippen LogP contribution in [-0.4, -0.2) is 33.2 Å². The van der Waals surface area contributed by atoms with Gasteiger partial charge in [-0.1, -0.05) is 26.0 Å². The summed E-state index contributed by atoms with van der Waals surface area (Å²) in [6.07, 6.45) is 0.650. The van der Waals surface area contributed by atoms with Crippen LogP contribution in [0.2, 0.25) is 0 Å². The maximum absolute atomic E-state index is 12.4. The van der Waals surface area contributed by atoms with Gasteiger partial charge in [0, 0.05) is 36.4 Å². The predicted octanol–water partition coefficient (Wildman–Crippen LogP) is 3.46. The Morgan fingerprint density at radius 2 is 2.12 bits per heavy atom. The smallest absolute Gasteiger partial charge is 0.240 e. The van der Waals surface area contributed by atoms with Gasteiger partial charge in [-0.3, -0.25) is 0 Å². The fourth-order valence-electron chi connectivity index (χ4n) is 2.07. The average Bonchev–Trinajstić information content (AvgIpc) is 2.97. The van der Waals surface area contributed by atoms with Gasteiger partial charge in [0.1, 0.15) is 5.01 Å². The number of nitrogens with zero attached hydrogens (tertiary/aromatic N) is 1. The Morgan fingerprint density at radius 3 is 2.79 bits per heavy atom. The Morgan fingerprint density at radius 1 is 1.33 bits per heavy atom. The molecule has 2 aromatic rings. The van der Waals surface area contributed by atoms with E-state index in [1.807, 2.05) is 18.4 Å². The number of nitrogens with one attached hydrogen (secondary N) is 1. The highest BCUT2D eigenvalue weighted by Crippen LogP contribution is 2.25. The Bertz CT molecular complexity index is 755. The number of ether oxygens (including phenoxy) is 1. The number of rotatable bonds is 9. The molecule has 0 aliphatic carbocycles. The van der Waals surface area contributed by atoms with Crippen molar-refractivity contribution in [3.05, 3.63) is 35.3 Å². The molecular formula is C17H24N2O3S2. The van der Waals surface area contributed by atoms with E-state index in [-0.39, 0.29) is 4.90 Å². The van der Waals surface area contributed by atoms with Gasteiger partial charge in [-0.15, -0.1) is 11.3 Å². The second-order valence-electron chi connectivity index (χ2n) is 6.04. The van der Waals surface area contributed by atoms with Crippen LogP contribution in [0, 0.1) is 12.8 Å². The topological polar surface area (TPSA) is 68.3 Å². The van der Waals surface area contributed by atoms with Gasteiger partial charge in [0.15, 0.2) is 0 Å². The van der Waals surface area contributed by atoms with E-state index in [9.17, 15) is 8.42 Å². The van der Waals surface area contributed by atoms with Gasteiger partial charge < -0.3 is 4.74 Å². The third-order valence-electron chi connectivity index (χ3n) is 3.22. The van der Waals surface area contributed by atoms with Crippen LogP contribution < -0.4 is 4.72 Å². The van der Waals surface area contributed by atoms with E-state index in [1.54, 1.807) is 18.2 Å². The summed E-state index contributed by atoms with van der Waals surface area (Å²) in [6, 6.07) is 6.88. The van der Waals surface area contributed by atoms with E-state index in [2.05, 4.69) is 23.6 Å². The first kappa shape index (κ1) is 19.1. The van der Waals surface area contributed by atoms with Crippen molar-refractivity contribution in [2.75, 3.05) is 19.8 Å². The van der Waals surface area contributed by atoms with Gasteiger partial charge in [0.2, 0.25) is 10.0 Å². The van der Waals surface area contributed by atoms with Crippen LogP contribution in [-0.2, 0) is 14.8 Å². The van der Waals surface area contributed by atoms with Crippen molar-refractivity contribution in [1.82, 2.24) is 9.71 Å². The molecule has 5 nitrogen and oxygen atoms in total. The zero-order valence-corrected chi connectivity index (χ0v) is 15.9. The molecular weight excluding hydrogens is 344 g/mol. The van der Waals surface area contributed by atoms with E-state index in [0.29, 0.717) is 32.1 Å². The van der Waals surface area contributed by atoms with Gasteiger partial charge in [-0.05, 0) is 31.4 Å². The fourth-order valence-corrected chi connectivity index (χ4v) is 3.98. The summed E-state index contributed by atoms with van der Waals surface area (Å²) in [4.78, 5) is 4.66. The van der Waals surface area contributed by atoms with Gasteiger partial charge in [0.25, 0.3) is 0 Å². The molecule has 0 radical (unpaired) electrons. The number of sulfonamides is 1. The van der Waals surface area contributed by atoms with Crippen molar-refractivity contribution >= 4 is 21.4 Å². The highest BCUT2D eigenvalue weighted by Gasteiger charge is 2.15. The molecule has 132 valence electrons. The van der Waals surface area contributed by atoms with E-state index in [4.69, 9.17) is 4.74 Å². The van der Waals surface area contributed by atoms with Crippen LogP contribution in [0.25, 0.3) is 10.6 Å². The summed E-state index contributed by atoms with van der Waals surface area (Å²) >= 11 is 1.51. The van der Waals surface area contributed by atoms with Gasteiger partial charge in [0.05, 0.1) is 4.90 Å². The highest BCUT2D eigenvalue weighted by atomic mass is 32.2. The van der Waals surface area contributed by atoms with Crippen molar-refractivity contribution < 1.29 is 13.2 Å². The molecule has 1 N–H and O–H groups in total. The molecule has 7 heteroatoms. The molecule has 0 aliphatic rings. The first-order valence-electron chi connectivity index (χ1n) is 7.98. The maximum Gasteiger partial charge on any atom is 0.240 e. The molecule has 0 amide bonds. The third kappa shape index (κ3) is 5.66. The number of hydrogen-bond acceptors (Lipinski definition) is 5. The van der Waals surface area contributed by atoms with Crippen LogP contribution in [0.3, 0.4) is 0 Å². The molecule has 0 spiro atoms. The molecule has 2 rings (SSSR count). The second-order valence-corrected chi connectivity index (χ2v) is 8.67. The summed E-state index contributed by atoms with van der Waals surface area (Å²) in [7, 11) is -3.52. The Kier molecular flexibility index (Phi) is 6.91. The molecule has 1 aromatic carbocycles. The minimum absolute atomic E-state index is 0.260. The first-order valence-corrected chi connectivity index (χ1v) is 10.3. The lowest BCUT2D eigenvalue weighted by Gasteiger charge is -2.09. The van der Waals surface area contributed by atoms with Gasteiger partial charge in [-0.25, -0.2) is 18.1 Å². The molecule has 0 atom stereocenters. The summed E-state index contributed by atoms with van der Waals surface area (Å²) in [5.74, 6) is 0.485. The van der Waals surface area contributed by atoms with E-state index < -0.39 is 10.0 Å². The van der Waals surface area contributed by atoms with Crippen molar-refractivity contribution in [3.63, 3.8) is 0 Å². The quantitative estimate of drug-likeness (QED) is 0.688. The zero-order chi connectivity index (χ0) is 17.6. The van der Waals surface area contributed by atoms with E-state index in [1.165, 1.54) is 11.3 Å². The standard InChI is InChI=1S/C17H24N2O3S2/c1-13(2)11-22-9-5-8-18-24(20,21)16-7-4-6-15(10-16)17-19-14(3)12-23-17/h4,6-7,10,12-13,18H,5,8-9,11H2,1-3H3. The van der Waals surface area contributed by atoms with Crippen LogP contribution in [0.4, 0.5) is 0 Å². The van der Waals surface area contributed by atoms with Crippen LogP contribution in [0.5, 0.6) is 0 Å². The first-order chi connectivity index (χ1) is 11.4. The van der Waals surface area contributed by atoms with Crippen LogP contribution >= 0.6 is 11.3 Å². The summed E-state index contributed by atoms with van der Waals surface area (Å²) in [5, 5.41) is 2.78. The van der Waals surface area contributed by atoms with Gasteiger partial charge in [-0.2, -0.15) is 0 Å². The monoisotopic (exact) mass is 368 g/mol. The summed E-state index contributed by atoms with van der Waals surface area (Å²) in [6.45, 7) is 7.70. The molecule has 24 heavy (non-hydrogen) atoms. The van der Waals surface area contributed by atoms with Crippen molar-refractivity contribution in [2.24, 2.45) is 5.92 Å². The van der Waals surface area contributed by atoms with Crippen molar-refractivity contribution in [1.29, 1.82) is 0 Å². The number of hydrogen-bond donors (Lipinski definition) is 1. The zero-order valence-electron chi connectivity index (χ0n) is 14.3. The third-order valence-corrected chi connectivity index (χ3v) is 5.69. The number of aryl methyl sites for hydroxylation is 1. The van der Waals surface area contributed by atoms with Gasteiger partial charge >= 0.3 is 0 Å². The minimum Gasteiger partial charge on any atom is -0.381 e.